The normalized spacial score (nSPS) is 20.2. The van der Waals surface area contributed by atoms with Gasteiger partial charge in [0.25, 0.3) is 0 Å². The highest BCUT2D eigenvalue weighted by Crippen LogP contribution is 2.32. The van der Waals surface area contributed by atoms with Crippen molar-refractivity contribution in [3.63, 3.8) is 0 Å². The lowest BCUT2D eigenvalue weighted by atomic mass is 9.84. The van der Waals surface area contributed by atoms with E-state index in [0.717, 1.165) is 43.4 Å². The quantitative estimate of drug-likeness (QED) is 0.841. The van der Waals surface area contributed by atoms with Gasteiger partial charge in [-0.25, -0.2) is 0 Å². The molecule has 0 saturated heterocycles. The van der Waals surface area contributed by atoms with E-state index in [0.29, 0.717) is 17.4 Å². The highest BCUT2D eigenvalue weighted by molar-refractivity contribution is 6.30. The van der Waals surface area contributed by atoms with Gasteiger partial charge in [-0.3, -0.25) is 9.78 Å². The van der Waals surface area contributed by atoms with Crippen LogP contribution in [0.2, 0.25) is 5.02 Å². The Hall–Kier alpha value is -2.07. The molecule has 4 nitrogen and oxygen atoms in total. The number of benzene rings is 1. The first-order valence-electron chi connectivity index (χ1n) is 8.79. The van der Waals surface area contributed by atoms with Gasteiger partial charge in [-0.1, -0.05) is 23.7 Å². The Morgan fingerprint density at radius 3 is 2.48 bits per heavy atom. The first kappa shape index (κ1) is 17.7. The number of hydrogen-bond acceptors (Lipinski definition) is 3. The van der Waals surface area contributed by atoms with E-state index in [1.807, 2.05) is 30.3 Å². The summed E-state index contributed by atoms with van der Waals surface area (Å²) in [4.78, 5) is 16.5. The number of nitrogens with one attached hydrogen (secondary N) is 1. The third-order valence-electron chi connectivity index (χ3n) is 4.84. The van der Waals surface area contributed by atoms with E-state index in [-0.39, 0.29) is 17.7 Å². The van der Waals surface area contributed by atoms with Crippen LogP contribution in [-0.4, -0.2) is 22.0 Å². The second-order valence-corrected chi connectivity index (χ2v) is 7.12. The fraction of sp³-hybridized carbons (Fsp3) is 0.400. The third kappa shape index (κ3) is 5.20. The molecule has 1 aliphatic carbocycles. The largest absolute Gasteiger partial charge is 0.506 e. The fourth-order valence-electron chi connectivity index (χ4n) is 3.38. The van der Waals surface area contributed by atoms with Crippen molar-refractivity contribution in [3.05, 3.63) is 58.9 Å². The maximum atomic E-state index is 12.2. The molecule has 1 amide bonds. The minimum absolute atomic E-state index is 0.112. The number of aromatic nitrogens is 1. The second-order valence-electron chi connectivity index (χ2n) is 6.68. The number of halogens is 1. The molecule has 0 aliphatic heterocycles. The molecule has 1 aliphatic rings. The zero-order valence-electron chi connectivity index (χ0n) is 14.1. The van der Waals surface area contributed by atoms with Gasteiger partial charge in [-0.05, 0) is 61.9 Å². The summed E-state index contributed by atoms with van der Waals surface area (Å²) in [6, 6.07) is 11.5. The van der Waals surface area contributed by atoms with Crippen LogP contribution in [0.1, 0.15) is 49.3 Å². The van der Waals surface area contributed by atoms with Crippen LogP contribution in [0.25, 0.3) is 0 Å². The van der Waals surface area contributed by atoms with Crippen LogP contribution in [-0.2, 0) is 11.2 Å². The van der Waals surface area contributed by atoms with E-state index in [2.05, 4.69) is 10.3 Å². The number of carbonyl (C=O) groups excluding carboxylic acids is 1. The topological polar surface area (TPSA) is 62.2 Å². The molecule has 2 aromatic rings. The van der Waals surface area contributed by atoms with Crippen molar-refractivity contribution < 1.29 is 9.90 Å². The first-order valence-corrected chi connectivity index (χ1v) is 9.16. The van der Waals surface area contributed by atoms with Gasteiger partial charge in [0.05, 0.1) is 6.20 Å². The van der Waals surface area contributed by atoms with Crippen LogP contribution in [0.3, 0.4) is 0 Å². The summed E-state index contributed by atoms with van der Waals surface area (Å²) in [6.45, 7) is 0. The SMILES string of the molecule is O=C(CCc1ccc(Cl)cc1)N[C@H]1CC[C@H](c2ccc(O)cn2)CC1. The summed E-state index contributed by atoms with van der Waals surface area (Å²) in [5.74, 6) is 0.731. The molecule has 0 atom stereocenters. The molecular formula is C20H23ClN2O2. The summed E-state index contributed by atoms with van der Waals surface area (Å²) < 4.78 is 0. The Morgan fingerprint density at radius 1 is 1.12 bits per heavy atom. The van der Waals surface area contributed by atoms with E-state index >= 15 is 0 Å². The van der Waals surface area contributed by atoms with E-state index in [1.54, 1.807) is 6.07 Å². The zero-order valence-corrected chi connectivity index (χ0v) is 14.9. The number of aromatic hydroxyl groups is 1. The molecule has 1 fully saturated rings. The van der Waals surface area contributed by atoms with Crippen LogP contribution in [0.5, 0.6) is 5.75 Å². The lowest BCUT2D eigenvalue weighted by Gasteiger charge is -2.28. The molecule has 3 rings (SSSR count). The molecule has 132 valence electrons. The highest BCUT2D eigenvalue weighted by Gasteiger charge is 2.24. The minimum Gasteiger partial charge on any atom is -0.506 e. The highest BCUT2D eigenvalue weighted by atomic mass is 35.5. The van der Waals surface area contributed by atoms with Crippen molar-refractivity contribution in [2.75, 3.05) is 0 Å². The number of aryl methyl sites for hydroxylation is 1. The molecular weight excluding hydrogens is 336 g/mol. The van der Waals surface area contributed by atoms with Crippen LogP contribution < -0.4 is 5.32 Å². The predicted octanol–water partition coefficient (Wildman–Crippen LogP) is 4.22. The van der Waals surface area contributed by atoms with Gasteiger partial charge >= 0.3 is 0 Å². The monoisotopic (exact) mass is 358 g/mol. The molecule has 1 aromatic carbocycles. The number of amides is 1. The van der Waals surface area contributed by atoms with Crippen molar-refractivity contribution in [1.82, 2.24) is 10.3 Å². The van der Waals surface area contributed by atoms with Crippen molar-refractivity contribution >= 4 is 17.5 Å². The molecule has 0 radical (unpaired) electrons. The zero-order chi connectivity index (χ0) is 17.6. The summed E-state index contributed by atoms with van der Waals surface area (Å²) >= 11 is 5.87. The smallest absolute Gasteiger partial charge is 0.220 e. The number of hydrogen-bond donors (Lipinski definition) is 2. The Bertz CT molecular complexity index is 693. The Balaban J connectivity index is 1.41. The molecule has 1 heterocycles. The third-order valence-corrected chi connectivity index (χ3v) is 5.09. The Kier molecular flexibility index (Phi) is 5.92. The van der Waals surface area contributed by atoms with Crippen LogP contribution in [0.4, 0.5) is 0 Å². The van der Waals surface area contributed by atoms with Crippen molar-refractivity contribution in [1.29, 1.82) is 0 Å². The van der Waals surface area contributed by atoms with Gasteiger partial charge in [0.1, 0.15) is 5.75 Å². The average molecular weight is 359 g/mol. The van der Waals surface area contributed by atoms with Crippen LogP contribution >= 0.6 is 11.6 Å². The van der Waals surface area contributed by atoms with Gasteiger partial charge in [0.15, 0.2) is 0 Å². The first-order chi connectivity index (χ1) is 12.1. The summed E-state index contributed by atoms with van der Waals surface area (Å²) in [7, 11) is 0. The second kappa shape index (κ2) is 8.34. The van der Waals surface area contributed by atoms with E-state index in [1.165, 1.54) is 6.20 Å². The van der Waals surface area contributed by atoms with Crippen molar-refractivity contribution in [2.24, 2.45) is 0 Å². The molecule has 25 heavy (non-hydrogen) atoms. The van der Waals surface area contributed by atoms with Crippen LogP contribution in [0.15, 0.2) is 42.6 Å². The molecule has 5 heteroatoms. The Morgan fingerprint density at radius 2 is 1.84 bits per heavy atom. The molecule has 0 spiro atoms. The van der Waals surface area contributed by atoms with E-state index in [9.17, 15) is 9.90 Å². The van der Waals surface area contributed by atoms with Crippen molar-refractivity contribution in [2.45, 2.75) is 50.5 Å². The molecule has 0 unspecified atom stereocenters. The Labute approximate surface area is 153 Å². The average Bonchev–Trinajstić information content (AvgIpc) is 2.63. The van der Waals surface area contributed by atoms with Gasteiger partial charge in [0, 0.05) is 29.1 Å². The lowest BCUT2D eigenvalue weighted by Crippen LogP contribution is -2.37. The van der Waals surface area contributed by atoms with Gasteiger partial charge in [-0.15, -0.1) is 0 Å². The number of nitrogens with zero attached hydrogens (tertiary/aromatic N) is 1. The van der Waals surface area contributed by atoms with Gasteiger partial charge in [0.2, 0.25) is 5.91 Å². The summed E-state index contributed by atoms with van der Waals surface area (Å²) in [5, 5.41) is 13.2. The van der Waals surface area contributed by atoms with E-state index in [4.69, 9.17) is 11.6 Å². The van der Waals surface area contributed by atoms with E-state index < -0.39 is 0 Å². The lowest BCUT2D eigenvalue weighted by molar-refractivity contribution is -0.122. The van der Waals surface area contributed by atoms with Crippen molar-refractivity contribution in [3.8, 4) is 5.75 Å². The maximum Gasteiger partial charge on any atom is 0.220 e. The molecule has 1 aromatic heterocycles. The van der Waals surface area contributed by atoms with Gasteiger partial charge in [-0.2, -0.15) is 0 Å². The maximum absolute atomic E-state index is 12.2. The molecule has 2 N–H and O–H groups in total. The minimum atomic E-state index is 0.112. The molecule has 0 bridgehead atoms. The number of rotatable bonds is 5. The summed E-state index contributed by atoms with van der Waals surface area (Å²) in [6.07, 6.45) is 6.70. The number of pyridine rings is 1. The van der Waals surface area contributed by atoms with Gasteiger partial charge < -0.3 is 10.4 Å². The fourth-order valence-corrected chi connectivity index (χ4v) is 3.51. The molecule has 1 saturated carbocycles. The predicted molar refractivity (Wildman–Crippen MR) is 98.8 cm³/mol. The number of carbonyl (C=O) groups is 1. The standard InChI is InChI=1S/C20H23ClN2O2/c21-16-6-1-14(2-7-16)3-12-20(25)23-17-8-4-15(5-9-17)19-11-10-18(24)13-22-19/h1-2,6-7,10-11,13,15,17,24H,3-5,8-9,12H2,(H,23,25)/t15-,17-. The van der Waals surface area contributed by atoms with Crippen LogP contribution in [0, 0.1) is 0 Å². The summed E-state index contributed by atoms with van der Waals surface area (Å²) in [5.41, 5.74) is 2.16.